The van der Waals surface area contributed by atoms with Crippen LogP contribution in [0.3, 0.4) is 0 Å². The summed E-state index contributed by atoms with van der Waals surface area (Å²) in [5.41, 5.74) is 0.874. The number of thioether (sulfide) groups is 1. The SMILES string of the molecule is COCCCN1C(=O)c2ccc(C(=O)N3CCS[C@@H](C(=O)OC)C3)cc2C1=O. The van der Waals surface area contributed by atoms with E-state index in [1.54, 1.807) is 18.1 Å². The normalized spacial score (nSPS) is 19.0. The van der Waals surface area contributed by atoms with Crippen LogP contribution in [0.5, 0.6) is 0 Å². The van der Waals surface area contributed by atoms with Crippen molar-refractivity contribution in [2.75, 3.05) is 46.2 Å². The second-order valence-electron chi connectivity index (χ2n) is 6.50. The molecule has 0 saturated carbocycles. The number of methoxy groups -OCH3 is 2. The zero-order chi connectivity index (χ0) is 20.3. The number of ether oxygens (including phenoxy) is 2. The first-order valence-corrected chi connectivity index (χ1v) is 10.0. The van der Waals surface area contributed by atoms with Gasteiger partial charge in [-0.25, -0.2) is 0 Å². The summed E-state index contributed by atoms with van der Waals surface area (Å²) in [5, 5.41) is -0.420. The number of nitrogens with zero attached hydrogens (tertiary/aromatic N) is 2. The van der Waals surface area contributed by atoms with Crippen LogP contribution in [0.4, 0.5) is 0 Å². The van der Waals surface area contributed by atoms with E-state index in [9.17, 15) is 19.2 Å². The molecule has 2 aliphatic heterocycles. The van der Waals surface area contributed by atoms with E-state index in [2.05, 4.69) is 0 Å². The lowest BCUT2D eigenvalue weighted by Gasteiger charge is -2.31. The number of fused-ring (bicyclic) bond motifs is 1. The van der Waals surface area contributed by atoms with Gasteiger partial charge in [0.15, 0.2) is 0 Å². The highest BCUT2D eigenvalue weighted by atomic mass is 32.2. The maximum absolute atomic E-state index is 12.9. The average Bonchev–Trinajstić information content (AvgIpc) is 2.97. The highest BCUT2D eigenvalue weighted by molar-refractivity contribution is 8.00. The minimum Gasteiger partial charge on any atom is -0.468 e. The lowest BCUT2D eigenvalue weighted by molar-refractivity contribution is -0.140. The standard InChI is InChI=1S/C19H22N2O6S/c1-26-8-3-6-21-17(23)13-5-4-12(10-14(13)18(21)24)16(22)20-7-9-28-15(11-20)19(25)27-2/h4-5,10,15H,3,6-9,11H2,1-2H3/t15-/m1/s1. The van der Waals surface area contributed by atoms with Crippen LogP contribution in [0.2, 0.25) is 0 Å². The topological polar surface area (TPSA) is 93.2 Å². The Labute approximate surface area is 167 Å². The van der Waals surface area contributed by atoms with Crippen molar-refractivity contribution in [3.63, 3.8) is 0 Å². The number of esters is 1. The Kier molecular flexibility index (Phi) is 6.35. The van der Waals surface area contributed by atoms with E-state index >= 15 is 0 Å². The molecular formula is C19H22N2O6S. The minimum atomic E-state index is -0.420. The Morgan fingerprint density at radius 1 is 1.18 bits per heavy atom. The van der Waals surface area contributed by atoms with Crippen LogP contribution in [-0.4, -0.2) is 85.0 Å². The van der Waals surface area contributed by atoms with Gasteiger partial charge in [0.2, 0.25) is 0 Å². The summed E-state index contributed by atoms with van der Waals surface area (Å²) in [5.74, 6) is -0.747. The molecule has 3 amide bonds. The van der Waals surface area contributed by atoms with Crippen LogP contribution < -0.4 is 0 Å². The summed E-state index contributed by atoms with van der Waals surface area (Å²) in [6.45, 7) is 1.48. The quantitative estimate of drug-likeness (QED) is 0.396. The number of rotatable bonds is 6. The van der Waals surface area contributed by atoms with E-state index in [-0.39, 0.29) is 36.4 Å². The molecule has 1 aromatic carbocycles. The number of hydrogen-bond donors (Lipinski definition) is 0. The van der Waals surface area contributed by atoms with E-state index < -0.39 is 11.2 Å². The molecule has 2 heterocycles. The van der Waals surface area contributed by atoms with Gasteiger partial charge in [-0.15, -0.1) is 11.8 Å². The molecule has 0 radical (unpaired) electrons. The maximum atomic E-state index is 12.9. The van der Waals surface area contributed by atoms with Crippen molar-refractivity contribution in [2.24, 2.45) is 0 Å². The van der Waals surface area contributed by atoms with Crippen LogP contribution in [0.1, 0.15) is 37.5 Å². The van der Waals surface area contributed by atoms with Crippen molar-refractivity contribution in [2.45, 2.75) is 11.7 Å². The first kappa shape index (κ1) is 20.3. The first-order chi connectivity index (χ1) is 13.5. The number of amides is 3. The van der Waals surface area contributed by atoms with Crippen molar-refractivity contribution in [1.82, 2.24) is 9.80 Å². The summed E-state index contributed by atoms with van der Waals surface area (Å²) in [6.07, 6.45) is 0.550. The van der Waals surface area contributed by atoms with Crippen LogP contribution >= 0.6 is 11.8 Å². The molecule has 0 N–H and O–H groups in total. The number of benzene rings is 1. The van der Waals surface area contributed by atoms with Crippen molar-refractivity contribution >= 4 is 35.5 Å². The van der Waals surface area contributed by atoms with Crippen molar-refractivity contribution < 1.29 is 28.7 Å². The molecule has 0 aliphatic carbocycles. The summed E-state index contributed by atoms with van der Waals surface area (Å²) >= 11 is 1.46. The van der Waals surface area contributed by atoms with Gasteiger partial charge in [-0.2, -0.15) is 0 Å². The molecule has 1 saturated heterocycles. The zero-order valence-electron chi connectivity index (χ0n) is 15.8. The third-order valence-electron chi connectivity index (χ3n) is 4.77. The molecule has 9 heteroatoms. The lowest BCUT2D eigenvalue weighted by Crippen LogP contribution is -2.45. The molecule has 2 aliphatic rings. The van der Waals surface area contributed by atoms with E-state index in [0.717, 1.165) is 0 Å². The zero-order valence-corrected chi connectivity index (χ0v) is 16.6. The van der Waals surface area contributed by atoms with E-state index in [0.29, 0.717) is 36.5 Å². The average molecular weight is 406 g/mol. The van der Waals surface area contributed by atoms with Gasteiger partial charge >= 0.3 is 5.97 Å². The second-order valence-corrected chi connectivity index (χ2v) is 7.81. The van der Waals surface area contributed by atoms with Gasteiger partial charge in [-0.05, 0) is 24.6 Å². The van der Waals surface area contributed by atoms with Gasteiger partial charge in [-0.1, -0.05) is 0 Å². The molecule has 3 rings (SSSR count). The largest absolute Gasteiger partial charge is 0.468 e. The van der Waals surface area contributed by atoms with Crippen LogP contribution in [0, 0.1) is 0 Å². The molecule has 28 heavy (non-hydrogen) atoms. The summed E-state index contributed by atoms with van der Waals surface area (Å²) in [7, 11) is 2.88. The Morgan fingerprint density at radius 2 is 1.93 bits per heavy atom. The van der Waals surface area contributed by atoms with Gasteiger partial charge < -0.3 is 14.4 Å². The van der Waals surface area contributed by atoms with Gasteiger partial charge in [-0.3, -0.25) is 24.1 Å². The van der Waals surface area contributed by atoms with Crippen molar-refractivity contribution in [1.29, 1.82) is 0 Å². The minimum absolute atomic E-state index is 0.240. The monoisotopic (exact) mass is 406 g/mol. The van der Waals surface area contributed by atoms with Crippen LogP contribution in [0.25, 0.3) is 0 Å². The molecule has 0 spiro atoms. The molecule has 0 aromatic heterocycles. The third-order valence-corrected chi connectivity index (χ3v) is 5.93. The number of hydrogen-bond acceptors (Lipinski definition) is 7. The van der Waals surface area contributed by atoms with E-state index in [4.69, 9.17) is 9.47 Å². The Hall–Kier alpha value is -2.39. The first-order valence-electron chi connectivity index (χ1n) is 8.95. The molecule has 1 fully saturated rings. The highest BCUT2D eigenvalue weighted by Crippen LogP contribution is 2.26. The Balaban J connectivity index is 1.76. The maximum Gasteiger partial charge on any atom is 0.320 e. The van der Waals surface area contributed by atoms with E-state index in [1.807, 2.05) is 0 Å². The van der Waals surface area contributed by atoms with Gasteiger partial charge in [0.25, 0.3) is 17.7 Å². The molecule has 1 atom stereocenters. The number of carbonyl (C=O) groups excluding carboxylic acids is 4. The molecule has 0 bridgehead atoms. The Morgan fingerprint density at radius 3 is 2.64 bits per heavy atom. The third kappa shape index (κ3) is 3.90. The fourth-order valence-electron chi connectivity index (χ4n) is 3.28. The van der Waals surface area contributed by atoms with Crippen LogP contribution in [-0.2, 0) is 14.3 Å². The molecule has 1 aromatic rings. The predicted molar refractivity (Wildman–Crippen MR) is 102 cm³/mol. The summed E-state index contributed by atoms with van der Waals surface area (Å²) < 4.78 is 9.73. The predicted octanol–water partition coefficient (Wildman–Crippen LogP) is 1.05. The highest BCUT2D eigenvalue weighted by Gasteiger charge is 2.36. The van der Waals surface area contributed by atoms with Gasteiger partial charge in [0.05, 0.1) is 18.2 Å². The molecule has 8 nitrogen and oxygen atoms in total. The Bertz CT molecular complexity index is 812. The van der Waals surface area contributed by atoms with Crippen LogP contribution in [0.15, 0.2) is 18.2 Å². The lowest BCUT2D eigenvalue weighted by atomic mass is 10.0. The molecule has 150 valence electrons. The van der Waals surface area contributed by atoms with Gasteiger partial charge in [0.1, 0.15) is 5.25 Å². The van der Waals surface area contributed by atoms with Crippen molar-refractivity contribution in [3.8, 4) is 0 Å². The summed E-state index contributed by atoms with van der Waals surface area (Å²) in [4.78, 5) is 52.5. The van der Waals surface area contributed by atoms with E-state index in [1.165, 1.54) is 35.9 Å². The van der Waals surface area contributed by atoms with Gasteiger partial charge in [0, 0.05) is 44.7 Å². The molecular weight excluding hydrogens is 384 g/mol. The summed E-state index contributed by atoms with van der Waals surface area (Å²) in [6, 6.07) is 4.55. The molecule has 0 unspecified atom stereocenters. The second kappa shape index (κ2) is 8.74. The number of carbonyl (C=O) groups is 4. The fraction of sp³-hybridized carbons (Fsp3) is 0.474. The fourth-order valence-corrected chi connectivity index (χ4v) is 4.41. The number of imide groups is 1. The smallest absolute Gasteiger partial charge is 0.320 e. The van der Waals surface area contributed by atoms with Crippen molar-refractivity contribution in [3.05, 3.63) is 34.9 Å².